The predicted molar refractivity (Wildman–Crippen MR) is 259 cm³/mol. The standard InChI is InChI=1S/C52H68N6O10/c1-4-5-6-7-8-9-10-13-34-15-18-36(19-16-34)37-20-22-39(46(62)31-37)49(64)55-27-25-47(63)57-43(14-11-12-26-53)51(66)58(3)48(50(65)56-32-33(2)59)38-21-24-45(61)41(30-38)40-28-35(17-23-44(40)60)29-42(54)52(67)68/h15-24,28,30-31,42-43,48,60-62H,4-14,25-27,29,32,53-54H2,1-3H3,(H,55,64)(H,56,65)(H,57,63)(H,67,68)/p+1/t42-,43?,48-/m0/s1. The zero-order valence-corrected chi connectivity index (χ0v) is 39.5. The van der Waals surface area contributed by atoms with Crippen molar-refractivity contribution in [2.45, 2.75) is 115 Å². The Bertz CT molecular complexity index is 2350. The number of nitrogens with one attached hydrogen (secondary N) is 3. The molecule has 4 amide bonds. The molecule has 1 unspecified atom stereocenters. The van der Waals surface area contributed by atoms with Crippen molar-refractivity contribution >= 4 is 35.4 Å². The van der Waals surface area contributed by atoms with Gasteiger partial charge in [0.25, 0.3) is 5.91 Å². The number of unbranched alkanes of at least 4 members (excludes halogenated alkanes) is 7. The maximum Gasteiger partial charge on any atom is 0.320 e. The Hall–Kier alpha value is -6.78. The second-order valence-electron chi connectivity index (χ2n) is 17.3. The number of carbonyl (C=O) groups excluding carboxylic acids is 5. The molecule has 0 fully saturated rings. The van der Waals surface area contributed by atoms with Crippen LogP contribution in [-0.2, 0) is 36.8 Å². The van der Waals surface area contributed by atoms with E-state index in [1.807, 2.05) is 12.1 Å². The van der Waals surface area contributed by atoms with Gasteiger partial charge in [0.1, 0.15) is 41.2 Å². The zero-order chi connectivity index (χ0) is 49.8. The van der Waals surface area contributed by atoms with Crippen LogP contribution in [0.5, 0.6) is 17.2 Å². The molecule has 12 N–H and O–H groups in total. The minimum atomic E-state index is -1.41. The molecule has 0 radical (unpaired) electrons. The average Bonchev–Trinajstić information content (AvgIpc) is 3.31. The lowest BCUT2D eigenvalue weighted by Gasteiger charge is -2.31. The smallest absolute Gasteiger partial charge is 0.320 e. The number of carboxylic acid groups (broad SMARTS) is 1. The van der Waals surface area contributed by atoms with Crippen LogP contribution >= 0.6 is 0 Å². The molecule has 0 aromatic heterocycles. The van der Waals surface area contributed by atoms with Crippen LogP contribution in [0.25, 0.3) is 22.3 Å². The highest BCUT2D eigenvalue weighted by Crippen LogP contribution is 2.39. The Balaban J connectivity index is 1.45. The van der Waals surface area contributed by atoms with Gasteiger partial charge in [0.15, 0.2) is 0 Å². The summed E-state index contributed by atoms with van der Waals surface area (Å²) in [5.74, 6) is -4.92. The van der Waals surface area contributed by atoms with Crippen LogP contribution in [0.2, 0.25) is 0 Å². The van der Waals surface area contributed by atoms with Crippen LogP contribution in [0.3, 0.4) is 0 Å². The summed E-state index contributed by atoms with van der Waals surface area (Å²) >= 11 is 0. The summed E-state index contributed by atoms with van der Waals surface area (Å²) in [6, 6.07) is 17.6. The van der Waals surface area contributed by atoms with Gasteiger partial charge in [-0.15, -0.1) is 0 Å². The number of nitrogens with zero attached hydrogens (tertiary/aromatic N) is 1. The molecule has 0 spiro atoms. The molecule has 4 aromatic rings. The largest absolute Gasteiger partial charge is 0.507 e. The van der Waals surface area contributed by atoms with Crippen molar-refractivity contribution < 1.29 is 54.9 Å². The summed E-state index contributed by atoms with van der Waals surface area (Å²) in [6.45, 7) is 3.60. The van der Waals surface area contributed by atoms with Gasteiger partial charge in [0.05, 0.1) is 18.7 Å². The molecule has 16 heteroatoms. The van der Waals surface area contributed by atoms with Crippen molar-refractivity contribution in [3.8, 4) is 39.5 Å². The van der Waals surface area contributed by atoms with Crippen LogP contribution in [0.1, 0.15) is 118 Å². The molecule has 4 rings (SSSR count). The maximum atomic E-state index is 14.4. The third-order valence-corrected chi connectivity index (χ3v) is 11.8. The van der Waals surface area contributed by atoms with Gasteiger partial charge in [-0.1, -0.05) is 87.9 Å². The quantitative estimate of drug-likeness (QED) is 0.0329. The SMILES string of the molecule is CCCCCCCCCc1ccc(-c2ccc(C(=O)NCCC(=O)NC(CCCC[NH3+])C(=O)N(C)[C@H](C(=O)NCC(C)=O)c3ccc(O)c(-c4cc(C[C@H](N)C(=O)O)ccc4O)c3)c(O)c2)cc1. The monoisotopic (exact) mass is 938 g/mol. The second kappa shape index (κ2) is 27.1. The van der Waals surface area contributed by atoms with E-state index < -0.39 is 47.7 Å². The first-order chi connectivity index (χ1) is 32.5. The van der Waals surface area contributed by atoms with Gasteiger partial charge in [0.2, 0.25) is 17.7 Å². The molecule has 0 saturated carbocycles. The van der Waals surface area contributed by atoms with Crippen LogP contribution in [-0.4, -0.2) is 99.5 Å². The van der Waals surface area contributed by atoms with Crippen molar-refractivity contribution in [3.63, 3.8) is 0 Å². The number of phenolic OH excluding ortho intramolecular Hbond substituents is 3. The maximum absolute atomic E-state index is 14.4. The molecule has 3 atom stereocenters. The fourth-order valence-electron chi connectivity index (χ4n) is 7.93. The van der Waals surface area contributed by atoms with Gasteiger partial charge >= 0.3 is 5.97 Å². The Morgan fingerprint density at radius 2 is 1.35 bits per heavy atom. The number of rotatable bonds is 28. The van der Waals surface area contributed by atoms with Gasteiger partial charge in [-0.3, -0.25) is 28.8 Å². The summed E-state index contributed by atoms with van der Waals surface area (Å²) in [4.78, 5) is 79.2. The van der Waals surface area contributed by atoms with Crippen molar-refractivity contribution in [1.82, 2.24) is 20.9 Å². The van der Waals surface area contributed by atoms with E-state index in [9.17, 15) is 49.2 Å². The topological polar surface area (TPSA) is 276 Å². The van der Waals surface area contributed by atoms with Gasteiger partial charge < -0.3 is 52.7 Å². The number of phenols is 3. The second-order valence-corrected chi connectivity index (χ2v) is 17.3. The highest BCUT2D eigenvalue weighted by atomic mass is 16.4. The van der Waals surface area contributed by atoms with Crippen LogP contribution in [0.4, 0.5) is 0 Å². The van der Waals surface area contributed by atoms with E-state index in [0.717, 1.165) is 28.9 Å². The summed E-state index contributed by atoms with van der Waals surface area (Å²) in [5.41, 5.74) is 13.3. The molecule has 0 aliphatic carbocycles. The first-order valence-corrected chi connectivity index (χ1v) is 23.5. The first kappa shape index (κ1) is 53.8. The number of amides is 4. The van der Waals surface area contributed by atoms with Crippen LogP contribution in [0, 0.1) is 0 Å². The molecular formula is C52H69N6O10+. The molecule has 0 bridgehead atoms. The molecular weight excluding hydrogens is 869 g/mol. The van der Waals surface area contributed by atoms with Gasteiger partial charge in [0, 0.05) is 31.1 Å². The summed E-state index contributed by atoms with van der Waals surface area (Å²) < 4.78 is 0. The van der Waals surface area contributed by atoms with Crippen LogP contribution < -0.4 is 27.4 Å². The van der Waals surface area contributed by atoms with Gasteiger partial charge in [-0.05, 0) is 110 Å². The normalized spacial score (nSPS) is 12.4. The van der Waals surface area contributed by atoms with E-state index in [1.54, 1.807) is 6.07 Å². The number of quaternary nitrogens is 1. The van der Waals surface area contributed by atoms with E-state index in [4.69, 9.17) is 5.73 Å². The number of carbonyl (C=O) groups is 6. The molecule has 0 saturated heterocycles. The summed E-state index contributed by atoms with van der Waals surface area (Å²) in [6.07, 6.45) is 10.7. The Labute approximate surface area is 398 Å². The number of hydrogen-bond acceptors (Lipinski definition) is 10. The number of aliphatic carboxylic acids is 1. The molecule has 68 heavy (non-hydrogen) atoms. The number of Topliss-reactive ketones (excluding diaryl/α,β-unsaturated/α-hetero) is 1. The summed E-state index contributed by atoms with van der Waals surface area (Å²) in [5, 5.41) is 49.9. The zero-order valence-electron chi connectivity index (χ0n) is 39.5. The number of ketones is 1. The number of aromatic hydroxyl groups is 3. The van der Waals surface area contributed by atoms with Crippen molar-refractivity contribution in [2.24, 2.45) is 5.73 Å². The number of nitrogens with two attached hydrogens (primary N) is 1. The minimum absolute atomic E-state index is 0.0318. The van der Waals surface area contributed by atoms with Crippen LogP contribution in [0.15, 0.2) is 78.9 Å². The lowest BCUT2D eigenvalue weighted by molar-refractivity contribution is -0.368. The van der Waals surface area contributed by atoms with Gasteiger partial charge in [-0.25, -0.2) is 0 Å². The van der Waals surface area contributed by atoms with E-state index in [-0.39, 0.29) is 77.6 Å². The number of hydrogen-bond donors (Lipinski definition) is 9. The molecule has 0 heterocycles. The highest BCUT2D eigenvalue weighted by molar-refractivity contribution is 5.98. The average molecular weight is 938 g/mol. The van der Waals surface area contributed by atoms with E-state index >= 15 is 0 Å². The summed E-state index contributed by atoms with van der Waals surface area (Å²) in [7, 11) is 1.36. The fraction of sp³-hybridized carbons (Fsp3) is 0.423. The fourth-order valence-corrected chi connectivity index (χ4v) is 7.93. The minimum Gasteiger partial charge on any atom is -0.507 e. The van der Waals surface area contributed by atoms with E-state index in [0.29, 0.717) is 24.9 Å². The molecule has 366 valence electrons. The number of aryl methyl sites for hydroxylation is 1. The first-order valence-electron chi connectivity index (χ1n) is 23.5. The lowest BCUT2D eigenvalue weighted by Crippen LogP contribution is -2.52. The van der Waals surface area contributed by atoms with E-state index in [2.05, 4.69) is 40.7 Å². The van der Waals surface area contributed by atoms with Gasteiger partial charge in [-0.2, -0.15) is 0 Å². The highest BCUT2D eigenvalue weighted by Gasteiger charge is 2.34. The Kier molecular flexibility index (Phi) is 21.5. The third-order valence-electron chi connectivity index (χ3n) is 11.8. The Morgan fingerprint density at radius 1 is 0.721 bits per heavy atom. The Morgan fingerprint density at radius 3 is 2.00 bits per heavy atom. The molecule has 0 aliphatic rings. The lowest BCUT2D eigenvalue weighted by atomic mass is 9.94. The van der Waals surface area contributed by atoms with Crippen molar-refractivity contribution in [2.75, 3.05) is 26.7 Å². The third kappa shape index (κ3) is 16.2. The van der Waals surface area contributed by atoms with Crippen molar-refractivity contribution in [1.29, 1.82) is 0 Å². The number of carboxylic acids is 1. The van der Waals surface area contributed by atoms with Crippen molar-refractivity contribution in [3.05, 3.63) is 101 Å². The van der Waals surface area contributed by atoms with E-state index in [1.165, 1.54) is 107 Å². The molecule has 0 aliphatic heterocycles. The number of likely N-dealkylation sites (N-methyl/N-ethyl adjacent to an activating group) is 1. The predicted octanol–water partition coefficient (Wildman–Crippen LogP) is 5.31. The number of benzene rings is 4. The molecule has 4 aromatic carbocycles. The molecule has 16 nitrogen and oxygen atoms in total.